The molecule has 25 heavy (non-hydrogen) atoms. The van der Waals surface area contributed by atoms with Crippen molar-refractivity contribution in [2.75, 3.05) is 13.1 Å². The van der Waals surface area contributed by atoms with Gasteiger partial charge < -0.3 is 10.2 Å². The molecule has 2 aliphatic rings. The lowest BCUT2D eigenvalue weighted by Gasteiger charge is -2.38. The van der Waals surface area contributed by atoms with E-state index in [2.05, 4.69) is 37.5 Å². The fourth-order valence-corrected chi connectivity index (χ4v) is 5.67. The van der Waals surface area contributed by atoms with E-state index in [-0.39, 0.29) is 18.4 Å². The molecular formula is C20H30N2O2S. The second-order valence-corrected chi connectivity index (χ2v) is 9.70. The third-order valence-corrected chi connectivity index (χ3v) is 6.57. The number of amides is 2. The van der Waals surface area contributed by atoms with Gasteiger partial charge in [0, 0.05) is 24.4 Å². The van der Waals surface area contributed by atoms with Crippen molar-refractivity contribution >= 4 is 23.2 Å². The first kappa shape index (κ1) is 18.4. The largest absolute Gasteiger partial charge is 0.347 e. The molecule has 0 aromatic carbocycles. The van der Waals surface area contributed by atoms with Gasteiger partial charge in [-0.1, -0.05) is 20.8 Å². The van der Waals surface area contributed by atoms with Gasteiger partial charge in [-0.15, -0.1) is 11.3 Å². The predicted octanol–water partition coefficient (Wildman–Crippen LogP) is 3.60. The summed E-state index contributed by atoms with van der Waals surface area (Å²) < 4.78 is 0. The number of fused-ring (bicyclic) bond motifs is 1. The van der Waals surface area contributed by atoms with Gasteiger partial charge in [0.2, 0.25) is 11.8 Å². The molecule has 1 fully saturated rings. The van der Waals surface area contributed by atoms with E-state index in [0.29, 0.717) is 30.2 Å². The Morgan fingerprint density at radius 2 is 2.16 bits per heavy atom. The summed E-state index contributed by atoms with van der Waals surface area (Å²) in [6.45, 7) is 8.45. The van der Waals surface area contributed by atoms with Gasteiger partial charge in [0.25, 0.3) is 0 Å². The van der Waals surface area contributed by atoms with Crippen LogP contribution in [0.15, 0.2) is 11.4 Å². The minimum atomic E-state index is 0.0245. The third kappa shape index (κ3) is 4.84. The van der Waals surface area contributed by atoms with Gasteiger partial charge in [0.05, 0.1) is 6.54 Å². The van der Waals surface area contributed by atoms with Crippen molar-refractivity contribution in [3.63, 3.8) is 0 Å². The summed E-state index contributed by atoms with van der Waals surface area (Å²) in [7, 11) is 0. The molecule has 2 amide bonds. The number of nitrogens with zero attached hydrogens (tertiary/aromatic N) is 1. The van der Waals surface area contributed by atoms with E-state index >= 15 is 0 Å². The number of carbonyl (C=O) groups excluding carboxylic acids is 2. The summed E-state index contributed by atoms with van der Waals surface area (Å²) in [5, 5.41) is 4.95. The van der Waals surface area contributed by atoms with Crippen LogP contribution < -0.4 is 5.32 Å². The van der Waals surface area contributed by atoms with Gasteiger partial charge in [-0.05, 0) is 59.9 Å². The highest BCUT2D eigenvalue weighted by molar-refractivity contribution is 7.10. The van der Waals surface area contributed by atoms with Crippen molar-refractivity contribution in [2.45, 2.75) is 59.4 Å². The summed E-state index contributed by atoms with van der Waals surface area (Å²) in [6.07, 6.45) is 4.95. The van der Waals surface area contributed by atoms with Crippen LogP contribution in [-0.4, -0.2) is 29.8 Å². The Kier molecular flexibility index (Phi) is 5.52. The third-order valence-electron chi connectivity index (χ3n) is 5.55. The molecule has 138 valence electrons. The predicted molar refractivity (Wildman–Crippen MR) is 101 cm³/mol. The highest BCUT2D eigenvalue weighted by Crippen LogP contribution is 2.42. The molecule has 0 saturated heterocycles. The van der Waals surface area contributed by atoms with E-state index in [4.69, 9.17) is 0 Å². The summed E-state index contributed by atoms with van der Waals surface area (Å²) in [6, 6.07) is 2.10. The van der Waals surface area contributed by atoms with Crippen LogP contribution in [0.1, 0.15) is 56.9 Å². The Balaban J connectivity index is 1.44. The van der Waals surface area contributed by atoms with Crippen molar-refractivity contribution in [3.05, 3.63) is 21.9 Å². The molecule has 2 heterocycles. The topological polar surface area (TPSA) is 49.4 Å². The molecule has 1 aromatic rings. The zero-order chi connectivity index (χ0) is 18.0. The molecule has 0 bridgehead atoms. The Morgan fingerprint density at radius 3 is 2.92 bits per heavy atom. The van der Waals surface area contributed by atoms with Crippen molar-refractivity contribution in [3.8, 4) is 0 Å². The fourth-order valence-electron chi connectivity index (χ4n) is 4.78. The lowest BCUT2D eigenvalue weighted by atomic mass is 9.67. The number of nitrogens with one attached hydrogen (secondary N) is 1. The lowest BCUT2D eigenvalue weighted by Crippen LogP contribution is -2.42. The Labute approximate surface area is 155 Å². The Bertz CT molecular complexity index is 637. The second-order valence-electron chi connectivity index (χ2n) is 8.69. The van der Waals surface area contributed by atoms with E-state index in [1.165, 1.54) is 16.9 Å². The second kappa shape index (κ2) is 7.48. The molecule has 1 saturated carbocycles. The first-order chi connectivity index (χ1) is 11.8. The quantitative estimate of drug-likeness (QED) is 0.890. The number of hydrogen-bond acceptors (Lipinski definition) is 3. The maximum absolute atomic E-state index is 12.4. The maximum Gasteiger partial charge on any atom is 0.242 e. The van der Waals surface area contributed by atoms with Crippen molar-refractivity contribution in [1.29, 1.82) is 0 Å². The minimum absolute atomic E-state index is 0.0245. The number of rotatable bonds is 4. The summed E-state index contributed by atoms with van der Waals surface area (Å²) >= 11 is 1.77. The normalized spacial score (nSPS) is 25.3. The standard InChI is InChI=1S/C20H30N2O2S/c1-14-8-15(11-20(2,3)10-14)9-18(23)21-12-19(24)22-6-4-17-16(13-22)5-7-25-17/h5,7,14-15H,4,6,8-13H2,1-3H3,(H,21,23). The molecule has 0 spiro atoms. The summed E-state index contributed by atoms with van der Waals surface area (Å²) in [4.78, 5) is 27.9. The minimum Gasteiger partial charge on any atom is -0.347 e. The molecule has 1 aromatic heterocycles. The maximum atomic E-state index is 12.4. The summed E-state index contributed by atoms with van der Waals surface area (Å²) in [5.74, 6) is 1.17. The van der Waals surface area contributed by atoms with Crippen LogP contribution in [0.5, 0.6) is 0 Å². The van der Waals surface area contributed by atoms with E-state index in [1.807, 2.05) is 4.90 Å². The Morgan fingerprint density at radius 1 is 1.36 bits per heavy atom. The SMILES string of the molecule is CC1CC(CC(=O)NCC(=O)N2CCc3sccc3C2)CC(C)(C)C1. The van der Waals surface area contributed by atoms with E-state index in [1.54, 1.807) is 11.3 Å². The molecule has 1 N–H and O–H groups in total. The monoisotopic (exact) mass is 362 g/mol. The zero-order valence-corrected chi connectivity index (χ0v) is 16.5. The van der Waals surface area contributed by atoms with Crippen LogP contribution in [-0.2, 0) is 22.6 Å². The average Bonchev–Trinajstić information content (AvgIpc) is 2.98. The van der Waals surface area contributed by atoms with Gasteiger partial charge in [-0.2, -0.15) is 0 Å². The van der Waals surface area contributed by atoms with E-state index in [9.17, 15) is 9.59 Å². The zero-order valence-electron chi connectivity index (χ0n) is 15.6. The van der Waals surface area contributed by atoms with Crippen LogP contribution in [0.4, 0.5) is 0 Å². The molecule has 3 rings (SSSR count). The van der Waals surface area contributed by atoms with Crippen molar-refractivity contribution < 1.29 is 9.59 Å². The molecular weight excluding hydrogens is 332 g/mol. The molecule has 2 atom stereocenters. The molecule has 2 unspecified atom stereocenters. The fraction of sp³-hybridized carbons (Fsp3) is 0.700. The molecule has 4 nitrogen and oxygen atoms in total. The van der Waals surface area contributed by atoms with Gasteiger partial charge in [0.15, 0.2) is 0 Å². The smallest absolute Gasteiger partial charge is 0.242 e. The number of hydrogen-bond donors (Lipinski definition) is 1. The highest BCUT2D eigenvalue weighted by atomic mass is 32.1. The molecule has 1 aliphatic heterocycles. The van der Waals surface area contributed by atoms with Gasteiger partial charge in [0.1, 0.15) is 0 Å². The lowest BCUT2D eigenvalue weighted by molar-refractivity contribution is -0.134. The number of thiophene rings is 1. The van der Waals surface area contributed by atoms with Crippen LogP contribution in [0.25, 0.3) is 0 Å². The van der Waals surface area contributed by atoms with Crippen molar-refractivity contribution in [1.82, 2.24) is 10.2 Å². The summed E-state index contributed by atoms with van der Waals surface area (Å²) in [5.41, 5.74) is 1.58. The van der Waals surface area contributed by atoms with E-state index in [0.717, 1.165) is 25.8 Å². The van der Waals surface area contributed by atoms with Gasteiger partial charge in [-0.25, -0.2) is 0 Å². The van der Waals surface area contributed by atoms with Crippen LogP contribution in [0.2, 0.25) is 0 Å². The van der Waals surface area contributed by atoms with Crippen LogP contribution >= 0.6 is 11.3 Å². The molecule has 0 radical (unpaired) electrons. The Hall–Kier alpha value is -1.36. The first-order valence-electron chi connectivity index (χ1n) is 9.42. The highest BCUT2D eigenvalue weighted by Gasteiger charge is 2.33. The van der Waals surface area contributed by atoms with E-state index < -0.39 is 0 Å². The van der Waals surface area contributed by atoms with Gasteiger partial charge in [-0.3, -0.25) is 9.59 Å². The average molecular weight is 363 g/mol. The molecule has 1 aliphatic carbocycles. The first-order valence-corrected chi connectivity index (χ1v) is 10.3. The molecule has 5 heteroatoms. The van der Waals surface area contributed by atoms with Crippen molar-refractivity contribution in [2.24, 2.45) is 17.3 Å². The van der Waals surface area contributed by atoms with Crippen LogP contribution in [0, 0.1) is 17.3 Å². The number of carbonyl (C=O) groups is 2. The van der Waals surface area contributed by atoms with Crippen LogP contribution in [0.3, 0.4) is 0 Å². The van der Waals surface area contributed by atoms with Gasteiger partial charge >= 0.3 is 0 Å².